The second kappa shape index (κ2) is 14.0. The second-order valence-corrected chi connectivity index (χ2v) is 5.67. The van der Waals surface area contributed by atoms with Crippen molar-refractivity contribution in [3.8, 4) is 0 Å². The van der Waals surface area contributed by atoms with Gasteiger partial charge in [0.2, 0.25) is 11.8 Å². The molecule has 0 aliphatic carbocycles. The Bertz CT molecular complexity index is 390. The van der Waals surface area contributed by atoms with Gasteiger partial charge in [-0.3, -0.25) is 9.59 Å². The number of allylic oxidation sites excluding steroid dienone is 3. The van der Waals surface area contributed by atoms with Gasteiger partial charge in [-0.15, -0.1) is 0 Å². The van der Waals surface area contributed by atoms with E-state index in [1.807, 2.05) is 6.92 Å². The average molecular weight is 324 g/mol. The van der Waals surface area contributed by atoms with Crippen LogP contribution in [0.4, 0.5) is 0 Å². The molecule has 0 radical (unpaired) electrons. The number of nitrogens with one attached hydrogen (secondary N) is 2. The number of rotatable bonds is 12. The van der Waals surface area contributed by atoms with Gasteiger partial charge in [0.05, 0.1) is 6.10 Å². The lowest BCUT2D eigenvalue weighted by Gasteiger charge is -2.20. The fourth-order valence-electron chi connectivity index (χ4n) is 2.09. The molecule has 0 fully saturated rings. The fraction of sp³-hybridized carbons (Fsp3) is 0.667. The van der Waals surface area contributed by atoms with Crippen LogP contribution < -0.4 is 10.6 Å². The van der Waals surface area contributed by atoms with E-state index in [2.05, 4.69) is 17.6 Å². The summed E-state index contributed by atoms with van der Waals surface area (Å²) in [6, 6.07) is -0.933. The third-order valence-electron chi connectivity index (χ3n) is 3.44. The standard InChI is InChI=1S/C18H32N2O3/c1-4-6-8-9-10-12-14-19-18(23)17(15(3)21)20-16(22)13-11-7-5-2/h5,7,11,13,15,17,21H,4,6,8-10,12,14H2,1-3H3,(H,19,23)(H,20,22). The molecule has 0 aromatic rings. The summed E-state index contributed by atoms with van der Waals surface area (Å²) in [6.45, 7) is 6.08. The Kier molecular flexibility index (Phi) is 13.0. The first-order valence-corrected chi connectivity index (χ1v) is 8.58. The van der Waals surface area contributed by atoms with Crippen molar-refractivity contribution in [2.24, 2.45) is 0 Å². The summed E-state index contributed by atoms with van der Waals surface area (Å²) in [5, 5.41) is 15.0. The van der Waals surface area contributed by atoms with E-state index in [0.29, 0.717) is 6.54 Å². The molecule has 0 saturated carbocycles. The van der Waals surface area contributed by atoms with Crippen LogP contribution in [0.15, 0.2) is 24.3 Å². The molecular weight excluding hydrogens is 292 g/mol. The molecule has 3 N–H and O–H groups in total. The summed E-state index contributed by atoms with van der Waals surface area (Å²) in [7, 11) is 0. The largest absolute Gasteiger partial charge is 0.391 e. The molecule has 0 aliphatic rings. The molecule has 0 aromatic carbocycles. The van der Waals surface area contributed by atoms with Crippen LogP contribution in [0.25, 0.3) is 0 Å². The first-order chi connectivity index (χ1) is 11.0. The summed E-state index contributed by atoms with van der Waals surface area (Å²) in [5.41, 5.74) is 0. The predicted molar refractivity (Wildman–Crippen MR) is 94.0 cm³/mol. The third kappa shape index (κ3) is 11.6. The molecule has 0 rings (SSSR count). The molecule has 0 bridgehead atoms. The zero-order valence-electron chi connectivity index (χ0n) is 14.7. The zero-order chi connectivity index (χ0) is 17.5. The Morgan fingerprint density at radius 3 is 2.35 bits per heavy atom. The number of amides is 2. The number of hydrogen-bond acceptors (Lipinski definition) is 3. The van der Waals surface area contributed by atoms with Gasteiger partial charge in [0.15, 0.2) is 0 Å². The number of hydrogen-bond donors (Lipinski definition) is 3. The van der Waals surface area contributed by atoms with Crippen molar-refractivity contribution in [1.29, 1.82) is 0 Å². The lowest BCUT2D eigenvalue weighted by Crippen LogP contribution is -2.52. The minimum absolute atomic E-state index is 0.346. The molecule has 5 heteroatoms. The van der Waals surface area contributed by atoms with Crippen LogP contribution >= 0.6 is 0 Å². The second-order valence-electron chi connectivity index (χ2n) is 5.67. The van der Waals surface area contributed by atoms with Gasteiger partial charge in [-0.2, -0.15) is 0 Å². The summed E-state index contributed by atoms with van der Waals surface area (Å²) >= 11 is 0. The minimum atomic E-state index is -0.946. The highest BCUT2D eigenvalue weighted by Crippen LogP contribution is 2.04. The van der Waals surface area contributed by atoms with Crippen LogP contribution in [0.5, 0.6) is 0 Å². The van der Waals surface area contributed by atoms with Crippen LogP contribution in [0.1, 0.15) is 59.3 Å². The average Bonchev–Trinajstić information content (AvgIpc) is 2.51. The van der Waals surface area contributed by atoms with Gasteiger partial charge in [0.25, 0.3) is 0 Å². The van der Waals surface area contributed by atoms with Gasteiger partial charge in [0.1, 0.15) is 6.04 Å². The lowest BCUT2D eigenvalue weighted by atomic mass is 10.1. The van der Waals surface area contributed by atoms with Gasteiger partial charge in [-0.1, -0.05) is 57.3 Å². The van der Waals surface area contributed by atoms with Crippen molar-refractivity contribution >= 4 is 11.8 Å². The highest BCUT2D eigenvalue weighted by Gasteiger charge is 2.24. The van der Waals surface area contributed by atoms with Gasteiger partial charge < -0.3 is 15.7 Å². The number of carbonyl (C=O) groups is 2. The van der Waals surface area contributed by atoms with Crippen LogP contribution in [0.3, 0.4) is 0 Å². The Morgan fingerprint density at radius 2 is 1.74 bits per heavy atom. The van der Waals surface area contributed by atoms with E-state index in [1.54, 1.807) is 18.2 Å². The number of aliphatic hydroxyl groups excluding tert-OH is 1. The molecule has 2 unspecified atom stereocenters. The molecule has 0 aliphatic heterocycles. The lowest BCUT2D eigenvalue weighted by molar-refractivity contribution is -0.129. The number of aliphatic hydroxyl groups is 1. The van der Waals surface area contributed by atoms with E-state index in [-0.39, 0.29) is 5.91 Å². The molecular formula is C18H32N2O3. The molecule has 2 amide bonds. The third-order valence-corrected chi connectivity index (χ3v) is 3.44. The van der Waals surface area contributed by atoms with Crippen molar-refractivity contribution in [2.75, 3.05) is 6.54 Å². The van der Waals surface area contributed by atoms with Gasteiger partial charge >= 0.3 is 0 Å². The number of unbranched alkanes of at least 4 members (excludes halogenated alkanes) is 5. The van der Waals surface area contributed by atoms with E-state index in [4.69, 9.17) is 0 Å². The Hall–Kier alpha value is -1.62. The van der Waals surface area contributed by atoms with Crippen LogP contribution in [-0.4, -0.2) is 35.6 Å². The smallest absolute Gasteiger partial charge is 0.245 e. The molecule has 0 heterocycles. The van der Waals surface area contributed by atoms with Crippen LogP contribution in [0, 0.1) is 0 Å². The van der Waals surface area contributed by atoms with Crippen LogP contribution in [-0.2, 0) is 9.59 Å². The first kappa shape index (κ1) is 21.4. The molecule has 0 spiro atoms. The monoisotopic (exact) mass is 324 g/mol. The molecule has 132 valence electrons. The Balaban J connectivity index is 4.13. The highest BCUT2D eigenvalue weighted by atomic mass is 16.3. The Morgan fingerprint density at radius 1 is 1.09 bits per heavy atom. The van der Waals surface area contributed by atoms with Gasteiger partial charge in [0, 0.05) is 12.6 Å². The summed E-state index contributed by atoms with van der Waals surface area (Å²) in [6.07, 6.45) is 12.4. The van der Waals surface area contributed by atoms with Crippen molar-refractivity contribution in [3.63, 3.8) is 0 Å². The first-order valence-electron chi connectivity index (χ1n) is 8.58. The summed E-state index contributed by atoms with van der Waals surface area (Å²) in [4.78, 5) is 23.8. The predicted octanol–water partition coefficient (Wildman–Crippen LogP) is 2.46. The van der Waals surface area contributed by atoms with Gasteiger partial charge in [-0.25, -0.2) is 0 Å². The summed E-state index contributed by atoms with van der Waals surface area (Å²) < 4.78 is 0. The van der Waals surface area contributed by atoms with E-state index in [9.17, 15) is 14.7 Å². The fourth-order valence-corrected chi connectivity index (χ4v) is 2.09. The number of carbonyl (C=O) groups excluding carboxylic acids is 2. The highest BCUT2D eigenvalue weighted by molar-refractivity contribution is 5.93. The van der Waals surface area contributed by atoms with E-state index in [1.165, 1.54) is 38.7 Å². The maximum Gasteiger partial charge on any atom is 0.245 e. The maximum absolute atomic E-state index is 12.1. The molecule has 23 heavy (non-hydrogen) atoms. The zero-order valence-corrected chi connectivity index (χ0v) is 14.7. The summed E-state index contributed by atoms with van der Waals surface area (Å²) in [5.74, 6) is -0.745. The molecule has 0 saturated heterocycles. The van der Waals surface area contributed by atoms with Gasteiger partial charge in [-0.05, 0) is 20.3 Å². The van der Waals surface area contributed by atoms with E-state index in [0.717, 1.165) is 12.8 Å². The molecule has 5 nitrogen and oxygen atoms in total. The minimum Gasteiger partial charge on any atom is -0.391 e. The SMILES string of the molecule is CC=CC=CC(=O)NC(C(=O)NCCCCCCCC)C(C)O. The van der Waals surface area contributed by atoms with Crippen molar-refractivity contribution in [3.05, 3.63) is 24.3 Å². The van der Waals surface area contributed by atoms with Crippen molar-refractivity contribution in [1.82, 2.24) is 10.6 Å². The van der Waals surface area contributed by atoms with Crippen molar-refractivity contribution < 1.29 is 14.7 Å². The Labute approximate surface area is 140 Å². The maximum atomic E-state index is 12.1. The van der Waals surface area contributed by atoms with E-state index < -0.39 is 18.1 Å². The quantitative estimate of drug-likeness (QED) is 0.293. The molecule has 0 aromatic heterocycles. The topological polar surface area (TPSA) is 78.4 Å². The molecule has 2 atom stereocenters. The normalized spacial score (nSPS) is 14.1. The van der Waals surface area contributed by atoms with Crippen LogP contribution in [0.2, 0.25) is 0 Å². The van der Waals surface area contributed by atoms with E-state index >= 15 is 0 Å². The van der Waals surface area contributed by atoms with Crippen molar-refractivity contribution in [2.45, 2.75) is 71.4 Å².